The molecule has 0 radical (unpaired) electrons. The largest absolute Gasteiger partial charge is 0.390 e. The molecule has 0 saturated heterocycles. The molecule has 2 aromatic rings. The highest BCUT2D eigenvalue weighted by atomic mass is 19.1. The zero-order valence-electron chi connectivity index (χ0n) is 23.8. The van der Waals surface area contributed by atoms with Gasteiger partial charge in [-0.15, -0.1) is 0 Å². The second-order valence-corrected chi connectivity index (χ2v) is 10.9. The third kappa shape index (κ3) is 7.86. The number of nitrogens with one attached hydrogen (secondary N) is 2. The number of allylic oxidation sites excluding steroid dienone is 2. The summed E-state index contributed by atoms with van der Waals surface area (Å²) in [5.41, 5.74) is 8.51. The number of benzene rings is 2. The van der Waals surface area contributed by atoms with Gasteiger partial charge in [0.15, 0.2) is 0 Å². The quantitative estimate of drug-likeness (QED) is 0.293. The van der Waals surface area contributed by atoms with Crippen molar-refractivity contribution in [3.05, 3.63) is 94.1 Å². The number of aryl methyl sites for hydroxylation is 1. The van der Waals surface area contributed by atoms with E-state index in [9.17, 15) is 23.5 Å². The van der Waals surface area contributed by atoms with E-state index in [0.29, 0.717) is 24.1 Å². The van der Waals surface area contributed by atoms with Crippen molar-refractivity contribution >= 4 is 11.8 Å². The Balaban J connectivity index is 1.80. The van der Waals surface area contributed by atoms with Gasteiger partial charge in [0, 0.05) is 24.7 Å². The predicted molar refractivity (Wildman–Crippen MR) is 153 cm³/mol. The first-order valence-corrected chi connectivity index (χ1v) is 13.9. The zero-order valence-corrected chi connectivity index (χ0v) is 23.8. The van der Waals surface area contributed by atoms with Crippen molar-refractivity contribution in [3.8, 4) is 0 Å². The zero-order chi connectivity index (χ0) is 29.4. The number of carbonyl (C=O) groups is 2. The standard InChI is InChI=1S/C32H41F2N3O3/c1-5-21(4)32(31(35)40)16-20(3)10-25(17-32)30(39)37-28(14-24-12-26(33)15-27(34)13-24)29(38)19-36-18-23-9-7-8-22(6-2)11-23/h7-13,15-16,21,28-29,36,38H,5-6,14,17-19H2,1-4H3,(H2,35,40)(H,37,39)/t21?,28-,29+,32?/m0/s1. The van der Waals surface area contributed by atoms with E-state index in [1.807, 2.05) is 45.0 Å². The van der Waals surface area contributed by atoms with Gasteiger partial charge in [0.2, 0.25) is 11.8 Å². The molecule has 0 aromatic heterocycles. The van der Waals surface area contributed by atoms with Crippen LogP contribution in [0.3, 0.4) is 0 Å². The summed E-state index contributed by atoms with van der Waals surface area (Å²) < 4.78 is 27.9. The van der Waals surface area contributed by atoms with Gasteiger partial charge in [0.1, 0.15) is 11.6 Å². The highest BCUT2D eigenvalue weighted by Gasteiger charge is 2.43. The van der Waals surface area contributed by atoms with Gasteiger partial charge in [-0.3, -0.25) is 9.59 Å². The van der Waals surface area contributed by atoms with Crippen molar-refractivity contribution < 1.29 is 23.5 Å². The summed E-state index contributed by atoms with van der Waals surface area (Å²) in [4.78, 5) is 26.1. The normalized spacial score (nSPS) is 19.3. The lowest BCUT2D eigenvalue weighted by Crippen LogP contribution is -2.50. The molecule has 6 nitrogen and oxygen atoms in total. The number of primary amides is 1. The van der Waals surface area contributed by atoms with Gasteiger partial charge in [-0.25, -0.2) is 8.78 Å². The molecule has 0 spiro atoms. The molecule has 4 atom stereocenters. The van der Waals surface area contributed by atoms with Crippen molar-refractivity contribution in [2.45, 2.75) is 72.1 Å². The third-order valence-electron chi connectivity index (χ3n) is 7.85. The van der Waals surface area contributed by atoms with Gasteiger partial charge in [0.25, 0.3) is 0 Å². The van der Waals surface area contributed by atoms with Gasteiger partial charge in [0.05, 0.1) is 17.6 Å². The van der Waals surface area contributed by atoms with E-state index >= 15 is 0 Å². The molecule has 2 unspecified atom stereocenters. The van der Waals surface area contributed by atoms with Crippen LogP contribution in [0, 0.1) is 23.0 Å². The van der Waals surface area contributed by atoms with Gasteiger partial charge in [-0.05, 0) is 60.9 Å². The Morgan fingerprint density at radius 1 is 1.07 bits per heavy atom. The highest BCUT2D eigenvalue weighted by molar-refractivity contribution is 5.97. The average Bonchev–Trinajstić information content (AvgIpc) is 2.91. The van der Waals surface area contributed by atoms with E-state index in [2.05, 4.69) is 23.6 Å². The van der Waals surface area contributed by atoms with Crippen LogP contribution in [0.5, 0.6) is 0 Å². The molecule has 216 valence electrons. The first-order valence-electron chi connectivity index (χ1n) is 13.9. The third-order valence-corrected chi connectivity index (χ3v) is 7.85. The van der Waals surface area contributed by atoms with Crippen molar-refractivity contribution in [2.75, 3.05) is 6.54 Å². The molecule has 1 aliphatic rings. The Labute approximate surface area is 235 Å². The van der Waals surface area contributed by atoms with Gasteiger partial charge < -0.3 is 21.5 Å². The maximum atomic E-state index is 13.9. The fourth-order valence-electron chi connectivity index (χ4n) is 5.36. The Morgan fingerprint density at radius 2 is 1.75 bits per heavy atom. The smallest absolute Gasteiger partial charge is 0.247 e. The van der Waals surface area contributed by atoms with Crippen molar-refractivity contribution in [1.82, 2.24) is 10.6 Å². The summed E-state index contributed by atoms with van der Waals surface area (Å²) in [6.07, 6.45) is 4.21. The SMILES string of the molecule is CCc1cccc(CNC[C@@H](O)[C@H](Cc2cc(F)cc(F)c2)NC(=O)C2=CC(C)=CC(C(N)=O)(C(C)CC)C2)c1. The summed E-state index contributed by atoms with van der Waals surface area (Å²) in [6, 6.07) is 10.4. The van der Waals surface area contributed by atoms with Gasteiger partial charge >= 0.3 is 0 Å². The van der Waals surface area contributed by atoms with Crippen LogP contribution in [0.1, 0.15) is 57.2 Å². The number of halogens is 2. The van der Waals surface area contributed by atoms with Crippen molar-refractivity contribution in [3.63, 3.8) is 0 Å². The number of hydrogen-bond donors (Lipinski definition) is 4. The van der Waals surface area contributed by atoms with Crippen LogP contribution in [-0.2, 0) is 29.0 Å². The molecular formula is C32H41F2N3O3. The number of nitrogens with two attached hydrogens (primary N) is 1. The van der Waals surface area contributed by atoms with Crippen LogP contribution in [0.4, 0.5) is 8.78 Å². The minimum Gasteiger partial charge on any atom is -0.390 e. The van der Waals surface area contributed by atoms with E-state index < -0.39 is 41.0 Å². The van der Waals surface area contributed by atoms with E-state index in [0.717, 1.165) is 23.6 Å². The predicted octanol–water partition coefficient (Wildman–Crippen LogP) is 4.50. The first kappa shape index (κ1) is 31.2. The minimum atomic E-state index is -1.07. The number of aliphatic hydroxyl groups excluding tert-OH is 1. The number of hydrogen-bond acceptors (Lipinski definition) is 4. The molecule has 2 amide bonds. The van der Waals surface area contributed by atoms with Crippen LogP contribution in [0.15, 0.2) is 65.8 Å². The Hall–Kier alpha value is -3.36. The average molecular weight is 554 g/mol. The number of aliphatic hydroxyl groups is 1. The molecule has 1 aliphatic carbocycles. The van der Waals surface area contributed by atoms with Crippen molar-refractivity contribution in [1.29, 1.82) is 0 Å². The fourth-order valence-corrected chi connectivity index (χ4v) is 5.36. The molecule has 2 aromatic carbocycles. The Bertz CT molecular complexity index is 1260. The molecule has 0 aliphatic heterocycles. The molecule has 8 heteroatoms. The van der Waals surface area contributed by atoms with Gasteiger partial charge in [-0.1, -0.05) is 69.2 Å². The molecule has 3 rings (SSSR count). The minimum absolute atomic E-state index is 0.00299. The summed E-state index contributed by atoms with van der Waals surface area (Å²) in [5, 5.41) is 17.2. The Morgan fingerprint density at radius 3 is 2.38 bits per heavy atom. The maximum absolute atomic E-state index is 13.9. The lowest BCUT2D eigenvalue weighted by atomic mass is 9.67. The molecule has 5 N–H and O–H groups in total. The van der Waals surface area contributed by atoms with E-state index in [-0.39, 0.29) is 25.3 Å². The van der Waals surface area contributed by atoms with Gasteiger partial charge in [-0.2, -0.15) is 0 Å². The lowest BCUT2D eigenvalue weighted by Gasteiger charge is -2.37. The lowest BCUT2D eigenvalue weighted by molar-refractivity contribution is -0.128. The monoisotopic (exact) mass is 553 g/mol. The van der Waals surface area contributed by atoms with Crippen LogP contribution in [0.2, 0.25) is 0 Å². The van der Waals surface area contributed by atoms with E-state index in [4.69, 9.17) is 5.73 Å². The van der Waals surface area contributed by atoms with Crippen LogP contribution < -0.4 is 16.4 Å². The maximum Gasteiger partial charge on any atom is 0.247 e. The van der Waals surface area contributed by atoms with Crippen LogP contribution in [-0.4, -0.2) is 35.6 Å². The second-order valence-electron chi connectivity index (χ2n) is 10.9. The Kier molecular flexibility index (Phi) is 10.8. The number of carbonyl (C=O) groups excluding carboxylic acids is 2. The molecular weight excluding hydrogens is 512 g/mol. The summed E-state index contributed by atoms with van der Waals surface area (Å²) in [5.74, 6) is -2.53. The van der Waals surface area contributed by atoms with Crippen molar-refractivity contribution in [2.24, 2.45) is 17.1 Å². The molecule has 0 saturated carbocycles. The first-order chi connectivity index (χ1) is 19.0. The summed E-state index contributed by atoms with van der Waals surface area (Å²) >= 11 is 0. The fraction of sp³-hybridized carbons (Fsp3) is 0.438. The van der Waals surface area contributed by atoms with Crippen LogP contribution >= 0.6 is 0 Å². The van der Waals surface area contributed by atoms with Crippen LogP contribution in [0.25, 0.3) is 0 Å². The summed E-state index contributed by atoms with van der Waals surface area (Å²) in [6.45, 7) is 8.43. The molecule has 0 heterocycles. The molecule has 0 fully saturated rings. The number of amides is 2. The summed E-state index contributed by atoms with van der Waals surface area (Å²) in [7, 11) is 0. The second kappa shape index (κ2) is 13.8. The highest BCUT2D eigenvalue weighted by Crippen LogP contribution is 2.42. The van der Waals surface area contributed by atoms with E-state index in [1.165, 1.54) is 17.7 Å². The molecule has 40 heavy (non-hydrogen) atoms. The topological polar surface area (TPSA) is 104 Å². The number of rotatable bonds is 13. The van der Waals surface area contributed by atoms with E-state index in [1.54, 1.807) is 6.08 Å². The molecule has 0 bridgehead atoms.